The zero-order valence-corrected chi connectivity index (χ0v) is 9.34. The van der Waals surface area contributed by atoms with E-state index < -0.39 is 0 Å². The van der Waals surface area contributed by atoms with Crippen LogP contribution in [0.3, 0.4) is 0 Å². The van der Waals surface area contributed by atoms with Crippen LogP contribution in [0.4, 0.5) is 0 Å². The van der Waals surface area contributed by atoms with E-state index >= 15 is 0 Å². The molecule has 0 saturated heterocycles. The molecule has 1 aromatic carbocycles. The van der Waals surface area contributed by atoms with Crippen LogP contribution >= 0.6 is 0 Å². The van der Waals surface area contributed by atoms with Gasteiger partial charge in [0.2, 0.25) is 0 Å². The van der Waals surface area contributed by atoms with Gasteiger partial charge in [-0.05, 0) is 49.9 Å². The second kappa shape index (κ2) is 4.05. The van der Waals surface area contributed by atoms with E-state index in [1.807, 2.05) is 12.1 Å². The molecular formula is C13H17NO. The van der Waals surface area contributed by atoms with Crippen molar-refractivity contribution in [2.45, 2.75) is 26.7 Å². The smallest absolute Gasteiger partial charge is 0.126 e. The Morgan fingerprint density at radius 1 is 1.27 bits per heavy atom. The van der Waals surface area contributed by atoms with E-state index in [0.29, 0.717) is 12.5 Å². The minimum Gasteiger partial charge on any atom is -0.488 e. The van der Waals surface area contributed by atoms with Crippen LogP contribution in [-0.2, 0) is 0 Å². The number of aryl methyl sites for hydroxylation is 2. The molecule has 1 fully saturated rings. The number of rotatable bonds is 4. The largest absolute Gasteiger partial charge is 0.488 e. The lowest BCUT2D eigenvalue weighted by molar-refractivity contribution is 0.372. The van der Waals surface area contributed by atoms with Gasteiger partial charge in [-0.25, -0.2) is 0 Å². The van der Waals surface area contributed by atoms with Crippen LogP contribution < -0.4 is 4.74 Å². The molecule has 0 heterocycles. The fourth-order valence-corrected chi connectivity index (χ4v) is 1.73. The summed E-state index contributed by atoms with van der Waals surface area (Å²) in [6.45, 7) is 4.58. The van der Waals surface area contributed by atoms with Crippen molar-refractivity contribution in [2.75, 3.05) is 6.61 Å². The molecule has 1 N–H and O–H groups in total. The van der Waals surface area contributed by atoms with Gasteiger partial charge in [-0.2, -0.15) is 0 Å². The molecule has 0 aromatic heterocycles. The number of benzene rings is 1. The Labute approximate surface area is 90.8 Å². The van der Waals surface area contributed by atoms with E-state index in [1.165, 1.54) is 24.0 Å². The molecule has 1 aromatic rings. The molecule has 2 nitrogen and oxygen atoms in total. The average molecular weight is 203 g/mol. The van der Waals surface area contributed by atoms with Crippen LogP contribution in [0.5, 0.6) is 5.75 Å². The highest BCUT2D eigenvalue weighted by Gasteiger charge is 2.26. The van der Waals surface area contributed by atoms with Crippen LogP contribution in [-0.4, -0.2) is 12.3 Å². The summed E-state index contributed by atoms with van der Waals surface area (Å²) in [6, 6.07) is 6.17. The van der Waals surface area contributed by atoms with Crippen molar-refractivity contribution in [3.8, 4) is 5.75 Å². The summed E-state index contributed by atoms with van der Waals surface area (Å²) >= 11 is 0. The van der Waals surface area contributed by atoms with Crippen molar-refractivity contribution >= 4 is 5.71 Å². The predicted octanol–water partition coefficient (Wildman–Crippen LogP) is 3.11. The molecule has 0 radical (unpaired) electrons. The van der Waals surface area contributed by atoms with Gasteiger partial charge in [0.05, 0.1) is 0 Å². The number of nitrogens with one attached hydrogen (secondary N) is 1. The molecule has 0 spiro atoms. The van der Waals surface area contributed by atoms with Gasteiger partial charge in [0.25, 0.3) is 0 Å². The zero-order valence-electron chi connectivity index (χ0n) is 9.34. The van der Waals surface area contributed by atoms with Gasteiger partial charge < -0.3 is 10.1 Å². The molecule has 0 bridgehead atoms. The van der Waals surface area contributed by atoms with Crippen LogP contribution in [0, 0.1) is 25.2 Å². The molecule has 0 aliphatic heterocycles. The lowest BCUT2D eigenvalue weighted by Crippen LogP contribution is -2.12. The summed E-state index contributed by atoms with van der Waals surface area (Å²) < 4.78 is 5.61. The van der Waals surface area contributed by atoms with Gasteiger partial charge in [-0.15, -0.1) is 0 Å². The first-order valence-corrected chi connectivity index (χ1v) is 5.43. The van der Waals surface area contributed by atoms with Crippen molar-refractivity contribution < 1.29 is 4.74 Å². The van der Waals surface area contributed by atoms with Crippen LogP contribution in [0.15, 0.2) is 18.2 Å². The molecule has 2 rings (SSSR count). The van der Waals surface area contributed by atoms with Crippen LogP contribution in [0.25, 0.3) is 0 Å². The number of hydrogen-bond donors (Lipinski definition) is 1. The van der Waals surface area contributed by atoms with Crippen molar-refractivity contribution in [3.05, 3.63) is 29.3 Å². The first-order valence-electron chi connectivity index (χ1n) is 5.43. The molecular weight excluding hydrogens is 186 g/mol. The van der Waals surface area contributed by atoms with Crippen LogP contribution in [0.2, 0.25) is 0 Å². The molecule has 1 saturated carbocycles. The van der Waals surface area contributed by atoms with E-state index in [0.717, 1.165) is 11.5 Å². The lowest BCUT2D eigenvalue weighted by Gasteiger charge is -2.08. The molecule has 0 atom stereocenters. The third-order valence-electron chi connectivity index (χ3n) is 2.66. The highest BCUT2D eigenvalue weighted by molar-refractivity contribution is 5.87. The summed E-state index contributed by atoms with van der Waals surface area (Å²) in [7, 11) is 0. The number of hydrogen-bond acceptors (Lipinski definition) is 2. The highest BCUT2D eigenvalue weighted by atomic mass is 16.5. The molecule has 1 aliphatic carbocycles. The van der Waals surface area contributed by atoms with E-state index in [2.05, 4.69) is 19.9 Å². The van der Waals surface area contributed by atoms with Crippen molar-refractivity contribution in [1.82, 2.24) is 0 Å². The minimum atomic E-state index is 0.452. The normalized spacial score (nSPS) is 15.1. The topological polar surface area (TPSA) is 33.1 Å². The molecule has 0 amide bonds. The second-order valence-corrected chi connectivity index (χ2v) is 4.41. The quantitative estimate of drug-likeness (QED) is 0.749. The Kier molecular flexibility index (Phi) is 2.76. The van der Waals surface area contributed by atoms with E-state index in [4.69, 9.17) is 10.1 Å². The van der Waals surface area contributed by atoms with Gasteiger partial charge in [0, 0.05) is 11.6 Å². The molecule has 2 heteroatoms. The standard InChI is InChI=1S/C13H17NO/c1-9-5-10(2)7-12(6-9)15-8-13(14)11-3-4-11/h5-7,11,14H,3-4,8H2,1-2H3. The number of ether oxygens (including phenoxy) is 1. The monoisotopic (exact) mass is 203 g/mol. The fraction of sp³-hybridized carbons (Fsp3) is 0.462. The summed E-state index contributed by atoms with van der Waals surface area (Å²) in [6.07, 6.45) is 2.35. The molecule has 80 valence electrons. The Morgan fingerprint density at radius 3 is 2.40 bits per heavy atom. The molecule has 0 unspecified atom stereocenters. The maximum absolute atomic E-state index is 7.74. The SMILES string of the molecule is Cc1cc(C)cc(OCC(=N)C2CC2)c1. The summed E-state index contributed by atoms with van der Waals surface area (Å²) in [5.41, 5.74) is 3.17. The third-order valence-corrected chi connectivity index (χ3v) is 2.66. The van der Waals surface area contributed by atoms with Crippen molar-refractivity contribution in [3.63, 3.8) is 0 Å². The first-order chi connectivity index (χ1) is 7.15. The average Bonchev–Trinajstić information content (AvgIpc) is 2.95. The third kappa shape index (κ3) is 2.82. The Hall–Kier alpha value is -1.31. The van der Waals surface area contributed by atoms with Crippen molar-refractivity contribution in [2.24, 2.45) is 5.92 Å². The van der Waals surface area contributed by atoms with E-state index in [9.17, 15) is 0 Å². The van der Waals surface area contributed by atoms with Gasteiger partial charge in [-0.3, -0.25) is 0 Å². The fourth-order valence-electron chi connectivity index (χ4n) is 1.73. The Morgan fingerprint density at radius 2 is 1.87 bits per heavy atom. The van der Waals surface area contributed by atoms with Gasteiger partial charge in [0.15, 0.2) is 0 Å². The summed E-state index contributed by atoms with van der Waals surface area (Å²) in [5.74, 6) is 1.40. The molecule has 15 heavy (non-hydrogen) atoms. The van der Waals surface area contributed by atoms with Gasteiger partial charge in [0.1, 0.15) is 12.4 Å². The highest BCUT2D eigenvalue weighted by Crippen LogP contribution is 2.30. The maximum Gasteiger partial charge on any atom is 0.126 e. The van der Waals surface area contributed by atoms with Gasteiger partial charge >= 0.3 is 0 Å². The summed E-state index contributed by atoms with van der Waals surface area (Å²) in [4.78, 5) is 0. The Bertz CT molecular complexity index is 360. The lowest BCUT2D eigenvalue weighted by atomic mass is 10.1. The van der Waals surface area contributed by atoms with E-state index in [-0.39, 0.29) is 0 Å². The summed E-state index contributed by atoms with van der Waals surface area (Å²) in [5, 5.41) is 7.74. The predicted molar refractivity (Wildman–Crippen MR) is 61.9 cm³/mol. The van der Waals surface area contributed by atoms with Crippen molar-refractivity contribution in [1.29, 1.82) is 5.41 Å². The zero-order chi connectivity index (χ0) is 10.8. The molecule has 1 aliphatic rings. The first kappa shape index (κ1) is 10.2. The van der Waals surface area contributed by atoms with Crippen LogP contribution in [0.1, 0.15) is 24.0 Å². The Balaban J connectivity index is 1.94. The van der Waals surface area contributed by atoms with E-state index in [1.54, 1.807) is 0 Å². The minimum absolute atomic E-state index is 0.452. The maximum atomic E-state index is 7.74. The van der Waals surface area contributed by atoms with Gasteiger partial charge in [-0.1, -0.05) is 6.07 Å². The second-order valence-electron chi connectivity index (χ2n) is 4.41.